The molecule has 29 heavy (non-hydrogen) atoms. The molecule has 150 valence electrons. The van der Waals surface area contributed by atoms with Crippen LogP contribution in [0, 0.1) is 6.92 Å². The van der Waals surface area contributed by atoms with Crippen LogP contribution in [0.5, 0.6) is 11.5 Å². The minimum atomic E-state index is -0.844. The van der Waals surface area contributed by atoms with E-state index in [1.165, 1.54) is 14.2 Å². The molecule has 0 saturated carbocycles. The van der Waals surface area contributed by atoms with Crippen LogP contribution in [-0.2, 0) is 9.47 Å². The summed E-state index contributed by atoms with van der Waals surface area (Å²) < 4.78 is 14.9. The van der Waals surface area contributed by atoms with Crippen molar-refractivity contribution in [3.63, 3.8) is 0 Å². The summed E-state index contributed by atoms with van der Waals surface area (Å²) in [6.45, 7) is 1.88. The van der Waals surface area contributed by atoms with Gasteiger partial charge < -0.3 is 24.6 Å². The van der Waals surface area contributed by atoms with Crippen LogP contribution >= 0.6 is 0 Å². The van der Waals surface area contributed by atoms with Crippen molar-refractivity contribution < 1.29 is 28.9 Å². The maximum atomic E-state index is 12.6. The van der Waals surface area contributed by atoms with Gasteiger partial charge in [0.15, 0.2) is 0 Å². The summed E-state index contributed by atoms with van der Waals surface area (Å²) in [7, 11) is 3.96. The number of carbonyl (C=O) groups is 2. The zero-order chi connectivity index (χ0) is 21.1. The van der Waals surface area contributed by atoms with Gasteiger partial charge in [0.05, 0.1) is 27.0 Å². The second-order valence-electron chi connectivity index (χ2n) is 6.31. The largest absolute Gasteiger partial charge is 0.506 e. The summed E-state index contributed by atoms with van der Waals surface area (Å²) in [4.78, 5) is 25.1. The number of aromatic hydroxyl groups is 1. The minimum absolute atomic E-state index is 0.106. The fourth-order valence-electron chi connectivity index (χ4n) is 3.20. The zero-order valence-electron chi connectivity index (χ0n) is 16.5. The van der Waals surface area contributed by atoms with Crippen LogP contribution in [0.4, 0.5) is 11.4 Å². The van der Waals surface area contributed by atoms with E-state index < -0.39 is 11.9 Å². The van der Waals surface area contributed by atoms with E-state index in [0.29, 0.717) is 27.9 Å². The number of methoxy groups -OCH3 is 3. The number of rotatable bonds is 5. The van der Waals surface area contributed by atoms with Crippen molar-refractivity contribution in [2.45, 2.75) is 6.92 Å². The molecule has 0 aliphatic heterocycles. The summed E-state index contributed by atoms with van der Waals surface area (Å²) >= 11 is 0. The number of hydrogen-bond acceptors (Lipinski definition) is 7. The van der Waals surface area contributed by atoms with Crippen molar-refractivity contribution >= 4 is 34.1 Å². The van der Waals surface area contributed by atoms with E-state index in [1.54, 1.807) is 43.5 Å². The standard InChI is InChI=1S/C22H21NO6/c1-12-11-13(27-2)9-10-16(12)23-19-14-7-5-6-8-15(14)20(24)18(22(26)29-4)17(19)21(25)28-3/h5-11,23-24H,1-4H3. The first kappa shape index (κ1) is 20.0. The Bertz CT molecular complexity index is 1110. The van der Waals surface area contributed by atoms with E-state index in [-0.39, 0.29) is 16.9 Å². The van der Waals surface area contributed by atoms with Crippen molar-refractivity contribution in [3.8, 4) is 11.5 Å². The number of ether oxygens (including phenoxy) is 3. The molecule has 3 rings (SSSR count). The van der Waals surface area contributed by atoms with E-state index in [9.17, 15) is 14.7 Å². The molecule has 0 bridgehead atoms. The lowest BCUT2D eigenvalue weighted by Gasteiger charge is -2.19. The van der Waals surface area contributed by atoms with Crippen molar-refractivity contribution in [1.82, 2.24) is 0 Å². The average Bonchev–Trinajstić information content (AvgIpc) is 2.75. The Kier molecular flexibility index (Phi) is 5.59. The minimum Gasteiger partial charge on any atom is -0.506 e. The van der Waals surface area contributed by atoms with Gasteiger partial charge in [0.2, 0.25) is 0 Å². The molecule has 3 aromatic rings. The molecule has 0 radical (unpaired) electrons. The van der Waals surface area contributed by atoms with Crippen LogP contribution in [0.2, 0.25) is 0 Å². The third kappa shape index (κ3) is 3.54. The van der Waals surface area contributed by atoms with Gasteiger partial charge in [0.25, 0.3) is 0 Å². The molecule has 7 heteroatoms. The Morgan fingerprint density at radius 3 is 2.10 bits per heavy atom. The number of nitrogens with one attached hydrogen (secondary N) is 1. The maximum absolute atomic E-state index is 12.6. The third-order valence-corrected chi connectivity index (χ3v) is 4.66. The Labute approximate surface area is 167 Å². The first-order valence-electron chi connectivity index (χ1n) is 8.78. The molecule has 0 amide bonds. The number of fused-ring (bicyclic) bond motifs is 1. The smallest absolute Gasteiger partial charge is 0.342 e. The van der Waals surface area contributed by atoms with Crippen molar-refractivity contribution in [1.29, 1.82) is 0 Å². The van der Waals surface area contributed by atoms with Crippen LogP contribution in [0.3, 0.4) is 0 Å². The van der Waals surface area contributed by atoms with E-state index in [0.717, 1.165) is 5.56 Å². The van der Waals surface area contributed by atoms with Crippen molar-refractivity contribution in [2.24, 2.45) is 0 Å². The van der Waals surface area contributed by atoms with Crippen LogP contribution < -0.4 is 10.1 Å². The summed E-state index contributed by atoms with van der Waals surface area (Å²) in [6, 6.07) is 12.3. The van der Waals surface area contributed by atoms with E-state index in [1.807, 2.05) is 13.0 Å². The molecular weight excluding hydrogens is 374 g/mol. The van der Waals surface area contributed by atoms with Crippen molar-refractivity contribution in [3.05, 3.63) is 59.2 Å². The van der Waals surface area contributed by atoms with Crippen LogP contribution in [-0.4, -0.2) is 38.4 Å². The molecule has 0 aliphatic rings. The number of benzene rings is 3. The lowest BCUT2D eigenvalue weighted by molar-refractivity contribution is 0.0553. The first-order valence-corrected chi connectivity index (χ1v) is 8.78. The summed E-state index contributed by atoms with van der Waals surface area (Å²) in [5.41, 5.74) is 1.52. The normalized spacial score (nSPS) is 10.5. The molecule has 7 nitrogen and oxygen atoms in total. The Morgan fingerprint density at radius 2 is 1.52 bits per heavy atom. The first-order chi connectivity index (χ1) is 13.9. The van der Waals surface area contributed by atoms with Gasteiger partial charge in [-0.15, -0.1) is 0 Å². The van der Waals surface area contributed by atoms with Crippen LogP contribution in [0.15, 0.2) is 42.5 Å². The fourth-order valence-corrected chi connectivity index (χ4v) is 3.20. The molecule has 0 fully saturated rings. The molecule has 0 unspecified atom stereocenters. The highest BCUT2D eigenvalue weighted by Crippen LogP contribution is 2.41. The molecule has 0 aromatic heterocycles. The quantitative estimate of drug-likeness (QED) is 0.494. The predicted octanol–water partition coefficient (Wildman–Crippen LogP) is 4.18. The zero-order valence-corrected chi connectivity index (χ0v) is 16.5. The molecule has 0 saturated heterocycles. The fraction of sp³-hybridized carbons (Fsp3) is 0.182. The predicted molar refractivity (Wildman–Crippen MR) is 109 cm³/mol. The Hall–Kier alpha value is -3.74. The highest BCUT2D eigenvalue weighted by molar-refractivity contribution is 6.18. The van der Waals surface area contributed by atoms with Gasteiger partial charge in [-0.1, -0.05) is 24.3 Å². The van der Waals surface area contributed by atoms with Crippen LogP contribution in [0.25, 0.3) is 10.8 Å². The lowest BCUT2D eigenvalue weighted by atomic mass is 9.96. The number of phenolic OH excluding ortho intramolecular Hbond substituents is 1. The molecule has 0 aliphatic carbocycles. The molecule has 0 spiro atoms. The second kappa shape index (κ2) is 8.10. The number of aryl methyl sites for hydroxylation is 1. The Balaban J connectivity index is 2.36. The van der Waals surface area contributed by atoms with Crippen LogP contribution in [0.1, 0.15) is 26.3 Å². The third-order valence-electron chi connectivity index (χ3n) is 4.66. The summed E-state index contributed by atoms with van der Waals surface area (Å²) in [5.74, 6) is -1.28. The summed E-state index contributed by atoms with van der Waals surface area (Å²) in [5, 5.41) is 14.9. The van der Waals surface area contributed by atoms with Gasteiger partial charge in [-0.05, 0) is 30.7 Å². The van der Waals surface area contributed by atoms with E-state index in [4.69, 9.17) is 14.2 Å². The van der Waals surface area contributed by atoms with Gasteiger partial charge in [-0.3, -0.25) is 0 Å². The van der Waals surface area contributed by atoms with E-state index in [2.05, 4.69) is 5.32 Å². The molecule has 0 atom stereocenters. The average molecular weight is 395 g/mol. The molecule has 2 N–H and O–H groups in total. The molecule has 0 heterocycles. The highest BCUT2D eigenvalue weighted by Gasteiger charge is 2.29. The molecular formula is C22H21NO6. The monoisotopic (exact) mass is 395 g/mol. The second-order valence-corrected chi connectivity index (χ2v) is 6.31. The summed E-state index contributed by atoms with van der Waals surface area (Å²) in [6.07, 6.45) is 0. The SMILES string of the molecule is COC(=O)c1c(C(=O)OC)c(Nc2ccc(OC)cc2C)c2ccccc2c1O. The lowest BCUT2D eigenvalue weighted by Crippen LogP contribution is -2.15. The number of carbonyl (C=O) groups excluding carboxylic acids is 2. The maximum Gasteiger partial charge on any atom is 0.342 e. The van der Waals surface area contributed by atoms with E-state index >= 15 is 0 Å². The molecule has 3 aromatic carbocycles. The van der Waals surface area contributed by atoms with Crippen molar-refractivity contribution in [2.75, 3.05) is 26.6 Å². The number of hydrogen-bond donors (Lipinski definition) is 2. The number of phenols is 1. The van der Waals surface area contributed by atoms with Gasteiger partial charge in [0.1, 0.15) is 22.6 Å². The number of anilines is 2. The number of esters is 2. The topological polar surface area (TPSA) is 94.1 Å². The van der Waals surface area contributed by atoms with Gasteiger partial charge in [-0.2, -0.15) is 0 Å². The Morgan fingerprint density at radius 1 is 0.897 bits per heavy atom. The van der Waals surface area contributed by atoms with Gasteiger partial charge in [0, 0.05) is 16.5 Å². The van der Waals surface area contributed by atoms with Gasteiger partial charge in [-0.25, -0.2) is 9.59 Å². The van der Waals surface area contributed by atoms with Gasteiger partial charge >= 0.3 is 11.9 Å². The highest BCUT2D eigenvalue weighted by atomic mass is 16.5.